The van der Waals surface area contributed by atoms with Gasteiger partial charge in [0, 0.05) is 29.9 Å². The zero-order valence-corrected chi connectivity index (χ0v) is 33.1. The maximum absolute atomic E-state index is 13.1. The number of aliphatic hydroxyl groups excluding tert-OH is 1. The molecule has 8 nitrogen and oxygen atoms in total. The minimum atomic E-state index is -0.604. The molecule has 0 bridgehead atoms. The molecule has 1 heterocycles. The van der Waals surface area contributed by atoms with Gasteiger partial charge in [-0.2, -0.15) is 0 Å². The lowest BCUT2D eigenvalue weighted by Crippen LogP contribution is -2.40. The van der Waals surface area contributed by atoms with Crippen LogP contribution in [0.4, 0.5) is 16.2 Å². The molecule has 1 saturated heterocycles. The molecule has 0 aromatic heterocycles. The molecule has 4 aromatic rings. The average molecular weight is 750 g/mol. The molecule has 0 unspecified atom stereocenters. The van der Waals surface area contributed by atoms with Crippen molar-refractivity contribution < 1.29 is 24.1 Å². The summed E-state index contributed by atoms with van der Waals surface area (Å²) in [6.45, 7) is 7.56. The standard InChI is InChI=1S/C47H63N3O5/c1-3-5-7-9-11-16-31-50(32-17-12-10-8-6-4-2)35-44-34-45(38-25-23-37(36-51)24-26-38)55-46(54-44)39-19-18-20-41(33-39)49-47(52)48-40-27-29-43(30-28-40)53-42-21-14-13-15-22-42/h13-15,18-30,33,44-46,51H,3-12,16-17,31-32,34-36H2,1-2H3,(H2,48,49,52)/t44-,45+,46+/m1/s1. The van der Waals surface area contributed by atoms with Crippen LogP contribution in [-0.4, -0.2) is 41.8 Å². The number of carbonyl (C=O) groups excluding carboxylic acids is 1. The molecule has 0 spiro atoms. The van der Waals surface area contributed by atoms with E-state index in [0.29, 0.717) is 17.1 Å². The SMILES string of the molecule is CCCCCCCCN(CCCCCCCC)C[C@H]1C[C@@H](c2ccc(CO)cc2)O[C@@H](c2cccc(NC(=O)Nc3ccc(Oc4ccccc4)cc3)c2)O1. The van der Waals surface area contributed by atoms with Crippen LogP contribution in [0.2, 0.25) is 0 Å². The smallest absolute Gasteiger partial charge is 0.323 e. The fourth-order valence-corrected chi connectivity index (χ4v) is 7.13. The van der Waals surface area contributed by atoms with Crippen molar-refractivity contribution in [2.75, 3.05) is 30.3 Å². The number of anilines is 2. The Hall–Kier alpha value is -4.21. The van der Waals surface area contributed by atoms with Crippen molar-refractivity contribution in [1.29, 1.82) is 0 Å². The van der Waals surface area contributed by atoms with Gasteiger partial charge >= 0.3 is 6.03 Å². The van der Waals surface area contributed by atoms with Crippen LogP contribution in [0.25, 0.3) is 0 Å². The molecule has 1 aliphatic heterocycles. The number of rotatable bonds is 23. The second-order valence-corrected chi connectivity index (χ2v) is 14.8. The number of urea groups is 1. The first kappa shape index (κ1) is 41.9. The van der Waals surface area contributed by atoms with Crippen molar-refractivity contribution in [1.82, 2.24) is 4.90 Å². The summed E-state index contributed by atoms with van der Waals surface area (Å²) in [5.41, 5.74) is 4.09. The maximum atomic E-state index is 13.1. The average Bonchev–Trinajstić information content (AvgIpc) is 3.21. The number of amides is 2. The van der Waals surface area contributed by atoms with E-state index >= 15 is 0 Å². The Kier molecular flexibility index (Phi) is 18.0. The topological polar surface area (TPSA) is 92.3 Å². The third kappa shape index (κ3) is 14.8. The number of carbonyl (C=O) groups is 1. The Morgan fingerprint density at radius 3 is 1.95 bits per heavy atom. The number of para-hydroxylation sites is 1. The third-order valence-corrected chi connectivity index (χ3v) is 10.2. The van der Waals surface area contributed by atoms with Crippen LogP contribution in [0.1, 0.15) is 126 Å². The van der Waals surface area contributed by atoms with Crippen molar-refractivity contribution >= 4 is 17.4 Å². The zero-order chi connectivity index (χ0) is 38.5. The number of hydrogen-bond donors (Lipinski definition) is 3. The minimum Gasteiger partial charge on any atom is -0.457 e. The molecule has 0 radical (unpaired) electrons. The molecule has 1 fully saturated rings. The fourth-order valence-electron chi connectivity index (χ4n) is 7.13. The van der Waals surface area contributed by atoms with E-state index in [1.54, 1.807) is 0 Å². The van der Waals surface area contributed by atoms with E-state index in [4.69, 9.17) is 14.2 Å². The fraction of sp³-hybridized carbons (Fsp3) is 0.468. The summed E-state index contributed by atoms with van der Waals surface area (Å²) in [4.78, 5) is 15.7. The van der Waals surface area contributed by atoms with Crippen LogP contribution in [-0.2, 0) is 16.1 Å². The van der Waals surface area contributed by atoms with Gasteiger partial charge in [0.2, 0.25) is 0 Å². The highest BCUT2D eigenvalue weighted by Crippen LogP contribution is 2.39. The third-order valence-electron chi connectivity index (χ3n) is 10.2. The van der Waals surface area contributed by atoms with E-state index in [9.17, 15) is 9.90 Å². The summed E-state index contributed by atoms with van der Waals surface area (Å²) < 4.78 is 19.3. The van der Waals surface area contributed by atoms with Crippen LogP contribution in [0, 0.1) is 0 Å². The molecular formula is C47H63N3O5. The molecule has 1 aliphatic rings. The van der Waals surface area contributed by atoms with E-state index in [1.165, 1.54) is 77.0 Å². The van der Waals surface area contributed by atoms with E-state index in [1.807, 2.05) is 91.0 Å². The first-order valence-electron chi connectivity index (χ1n) is 20.8. The lowest BCUT2D eigenvalue weighted by molar-refractivity contribution is -0.253. The number of ether oxygens (including phenoxy) is 3. The molecule has 5 rings (SSSR count). The van der Waals surface area contributed by atoms with Crippen molar-refractivity contribution in [3.63, 3.8) is 0 Å². The quantitative estimate of drug-likeness (QED) is 0.0654. The van der Waals surface area contributed by atoms with E-state index in [-0.39, 0.29) is 24.8 Å². The van der Waals surface area contributed by atoms with Crippen LogP contribution in [0.5, 0.6) is 11.5 Å². The monoisotopic (exact) mass is 749 g/mol. The summed E-state index contributed by atoms with van der Waals surface area (Å²) in [5, 5.41) is 15.6. The number of hydrogen-bond acceptors (Lipinski definition) is 6. The number of nitrogens with zero attached hydrogens (tertiary/aromatic N) is 1. The highest BCUT2D eigenvalue weighted by atomic mass is 16.7. The van der Waals surface area contributed by atoms with Crippen LogP contribution in [0.3, 0.4) is 0 Å². The number of aliphatic hydroxyl groups is 1. The van der Waals surface area contributed by atoms with Gasteiger partial charge in [0.05, 0.1) is 18.8 Å². The van der Waals surface area contributed by atoms with Gasteiger partial charge in [-0.1, -0.05) is 133 Å². The molecular weight excluding hydrogens is 687 g/mol. The zero-order valence-electron chi connectivity index (χ0n) is 33.1. The Morgan fingerprint density at radius 2 is 1.29 bits per heavy atom. The van der Waals surface area contributed by atoms with Gasteiger partial charge in [0.15, 0.2) is 6.29 Å². The Labute approximate surface area is 329 Å². The highest BCUT2D eigenvalue weighted by Gasteiger charge is 2.33. The van der Waals surface area contributed by atoms with Crippen molar-refractivity contribution in [3.05, 3.63) is 120 Å². The van der Waals surface area contributed by atoms with Gasteiger partial charge in [-0.05, 0) is 85.6 Å². The Balaban J connectivity index is 1.24. The lowest BCUT2D eigenvalue weighted by atomic mass is 9.99. The molecule has 8 heteroatoms. The Morgan fingerprint density at radius 1 is 0.673 bits per heavy atom. The second-order valence-electron chi connectivity index (χ2n) is 14.8. The van der Waals surface area contributed by atoms with E-state index < -0.39 is 6.29 Å². The van der Waals surface area contributed by atoms with Gasteiger partial charge < -0.3 is 34.9 Å². The largest absolute Gasteiger partial charge is 0.457 e. The van der Waals surface area contributed by atoms with Gasteiger partial charge in [0.25, 0.3) is 0 Å². The predicted octanol–water partition coefficient (Wildman–Crippen LogP) is 12.2. The predicted molar refractivity (Wildman–Crippen MR) is 224 cm³/mol. The van der Waals surface area contributed by atoms with Gasteiger partial charge in [-0.25, -0.2) is 4.79 Å². The molecule has 3 N–H and O–H groups in total. The minimum absolute atomic E-state index is 0.00731. The summed E-state index contributed by atoms with van der Waals surface area (Å²) in [6, 6.07) is 32.3. The first-order valence-corrected chi connectivity index (χ1v) is 20.8. The summed E-state index contributed by atoms with van der Waals surface area (Å²) in [5.74, 6) is 1.44. The van der Waals surface area contributed by atoms with E-state index in [2.05, 4.69) is 41.5 Å². The second kappa shape index (κ2) is 23.7. The van der Waals surface area contributed by atoms with Crippen molar-refractivity contribution in [3.8, 4) is 11.5 Å². The van der Waals surface area contributed by atoms with E-state index in [0.717, 1.165) is 48.5 Å². The molecule has 3 atom stereocenters. The van der Waals surface area contributed by atoms with Crippen LogP contribution < -0.4 is 15.4 Å². The normalized spacial score (nSPS) is 16.9. The van der Waals surface area contributed by atoms with Gasteiger partial charge in [0.1, 0.15) is 11.5 Å². The number of nitrogens with one attached hydrogen (secondary N) is 2. The lowest BCUT2D eigenvalue weighted by Gasteiger charge is -2.38. The summed E-state index contributed by atoms with van der Waals surface area (Å²) in [7, 11) is 0. The van der Waals surface area contributed by atoms with Crippen molar-refractivity contribution in [2.24, 2.45) is 0 Å². The molecule has 55 heavy (non-hydrogen) atoms. The summed E-state index contributed by atoms with van der Waals surface area (Å²) in [6.07, 6.45) is 15.3. The molecule has 0 saturated carbocycles. The summed E-state index contributed by atoms with van der Waals surface area (Å²) >= 11 is 0. The molecule has 4 aromatic carbocycles. The van der Waals surface area contributed by atoms with Crippen LogP contribution >= 0.6 is 0 Å². The molecule has 296 valence electrons. The number of benzene rings is 4. The molecule has 0 aliphatic carbocycles. The first-order chi connectivity index (χ1) is 27.0. The van der Waals surface area contributed by atoms with Crippen molar-refractivity contribution in [2.45, 2.75) is 122 Å². The molecule has 2 amide bonds. The van der Waals surface area contributed by atoms with Crippen LogP contribution in [0.15, 0.2) is 103 Å². The highest BCUT2D eigenvalue weighted by molar-refractivity contribution is 5.99. The van der Waals surface area contributed by atoms with Gasteiger partial charge in [-0.15, -0.1) is 0 Å². The number of unbranched alkanes of at least 4 members (excludes halogenated alkanes) is 10. The maximum Gasteiger partial charge on any atom is 0.323 e. The Bertz CT molecular complexity index is 1630. The van der Waals surface area contributed by atoms with Gasteiger partial charge in [-0.3, -0.25) is 0 Å².